The summed E-state index contributed by atoms with van der Waals surface area (Å²) in [5.74, 6) is 1.78. The third-order valence-electron chi connectivity index (χ3n) is 3.77. The van der Waals surface area contributed by atoms with Crippen molar-refractivity contribution < 1.29 is 4.79 Å². The lowest BCUT2D eigenvalue weighted by Gasteiger charge is -2.25. The van der Waals surface area contributed by atoms with Gasteiger partial charge in [-0.2, -0.15) is 0 Å². The molecule has 1 heterocycles. The highest BCUT2D eigenvalue weighted by Gasteiger charge is 2.40. The molecule has 1 N–H and O–H groups in total. The second-order valence-corrected chi connectivity index (χ2v) is 6.09. The first-order chi connectivity index (χ1) is 8.11. The summed E-state index contributed by atoms with van der Waals surface area (Å²) in [6.45, 7) is 7.60. The van der Waals surface area contributed by atoms with Crippen LogP contribution in [0.15, 0.2) is 0 Å². The lowest BCUT2D eigenvalue weighted by atomic mass is 10.1. The van der Waals surface area contributed by atoms with E-state index < -0.39 is 0 Å². The van der Waals surface area contributed by atoms with Gasteiger partial charge >= 0.3 is 0 Å². The molecule has 1 saturated carbocycles. The minimum absolute atomic E-state index is 0.0856. The normalized spacial score (nSPS) is 29.4. The van der Waals surface area contributed by atoms with Gasteiger partial charge in [-0.25, -0.2) is 0 Å². The Balaban J connectivity index is 1.98. The van der Waals surface area contributed by atoms with Crippen LogP contribution in [0.2, 0.25) is 0 Å². The molecule has 2 rings (SSSR count). The molecule has 1 amide bonds. The first-order valence-electron chi connectivity index (χ1n) is 7.18. The molecule has 2 atom stereocenters. The van der Waals surface area contributed by atoms with Gasteiger partial charge in [0.05, 0.1) is 12.2 Å². The molecule has 98 valence electrons. The predicted molar refractivity (Wildman–Crippen MR) is 69.5 cm³/mol. The summed E-state index contributed by atoms with van der Waals surface area (Å²) in [5.41, 5.74) is 0. The van der Waals surface area contributed by atoms with Gasteiger partial charge in [0.15, 0.2) is 0 Å². The van der Waals surface area contributed by atoms with E-state index in [-0.39, 0.29) is 6.04 Å². The SMILES string of the molecule is CCCC1NC(CC(C)C)N(CC2CC2)C1=O. The van der Waals surface area contributed by atoms with Crippen molar-refractivity contribution in [3.05, 3.63) is 0 Å². The number of hydrogen-bond acceptors (Lipinski definition) is 2. The zero-order chi connectivity index (χ0) is 12.4. The zero-order valence-corrected chi connectivity index (χ0v) is 11.4. The molecular weight excluding hydrogens is 212 g/mol. The monoisotopic (exact) mass is 238 g/mol. The van der Waals surface area contributed by atoms with Crippen LogP contribution in [0.3, 0.4) is 0 Å². The van der Waals surface area contributed by atoms with Gasteiger partial charge in [0.2, 0.25) is 5.91 Å². The van der Waals surface area contributed by atoms with Crippen molar-refractivity contribution in [1.29, 1.82) is 0 Å². The Morgan fingerprint density at radius 3 is 2.65 bits per heavy atom. The van der Waals surface area contributed by atoms with Gasteiger partial charge in [-0.05, 0) is 37.5 Å². The molecule has 2 fully saturated rings. The fourth-order valence-corrected chi connectivity index (χ4v) is 2.68. The van der Waals surface area contributed by atoms with E-state index in [9.17, 15) is 4.79 Å². The van der Waals surface area contributed by atoms with E-state index >= 15 is 0 Å². The summed E-state index contributed by atoms with van der Waals surface area (Å²) < 4.78 is 0. The van der Waals surface area contributed by atoms with Gasteiger partial charge in [-0.3, -0.25) is 10.1 Å². The van der Waals surface area contributed by atoms with Crippen molar-refractivity contribution in [2.45, 2.75) is 65.1 Å². The van der Waals surface area contributed by atoms with Crippen LogP contribution in [0.1, 0.15) is 52.9 Å². The van der Waals surface area contributed by atoms with E-state index in [0.717, 1.165) is 31.7 Å². The number of carbonyl (C=O) groups is 1. The van der Waals surface area contributed by atoms with E-state index in [1.807, 2.05) is 0 Å². The average Bonchev–Trinajstić information content (AvgIpc) is 3.02. The third kappa shape index (κ3) is 3.21. The molecule has 2 aliphatic rings. The molecule has 1 saturated heterocycles. The summed E-state index contributed by atoms with van der Waals surface area (Å²) in [7, 11) is 0. The fraction of sp³-hybridized carbons (Fsp3) is 0.929. The van der Waals surface area contributed by atoms with Crippen LogP contribution in [0.25, 0.3) is 0 Å². The number of nitrogens with zero attached hydrogens (tertiary/aromatic N) is 1. The van der Waals surface area contributed by atoms with Crippen LogP contribution in [-0.2, 0) is 4.79 Å². The number of amides is 1. The van der Waals surface area contributed by atoms with Gasteiger partial charge in [-0.15, -0.1) is 0 Å². The third-order valence-corrected chi connectivity index (χ3v) is 3.77. The largest absolute Gasteiger partial charge is 0.326 e. The van der Waals surface area contributed by atoms with Crippen LogP contribution in [0.5, 0.6) is 0 Å². The van der Waals surface area contributed by atoms with Crippen LogP contribution in [-0.4, -0.2) is 29.6 Å². The Morgan fingerprint density at radius 1 is 1.41 bits per heavy atom. The molecule has 1 aliphatic carbocycles. The van der Waals surface area contributed by atoms with E-state index in [0.29, 0.717) is 18.0 Å². The van der Waals surface area contributed by atoms with Gasteiger partial charge in [0.25, 0.3) is 0 Å². The van der Waals surface area contributed by atoms with E-state index in [2.05, 4.69) is 31.0 Å². The summed E-state index contributed by atoms with van der Waals surface area (Å²) in [5, 5.41) is 3.53. The number of hydrogen-bond donors (Lipinski definition) is 1. The molecule has 0 radical (unpaired) electrons. The molecule has 0 aromatic heterocycles. The standard InChI is InChI=1S/C14H26N2O/c1-4-5-12-14(17)16(9-11-6-7-11)13(15-12)8-10(2)3/h10-13,15H,4-9H2,1-3H3. The van der Waals surface area contributed by atoms with Gasteiger partial charge in [0, 0.05) is 6.54 Å². The maximum Gasteiger partial charge on any atom is 0.241 e. The smallest absolute Gasteiger partial charge is 0.241 e. The molecule has 0 aromatic rings. The quantitative estimate of drug-likeness (QED) is 0.770. The van der Waals surface area contributed by atoms with Crippen LogP contribution >= 0.6 is 0 Å². The van der Waals surface area contributed by atoms with Crippen molar-refractivity contribution in [1.82, 2.24) is 10.2 Å². The predicted octanol–water partition coefficient (Wildman–Crippen LogP) is 2.37. The van der Waals surface area contributed by atoms with Crippen molar-refractivity contribution in [2.24, 2.45) is 11.8 Å². The lowest BCUT2D eigenvalue weighted by Crippen LogP contribution is -2.39. The Kier molecular flexibility index (Phi) is 4.08. The van der Waals surface area contributed by atoms with Crippen molar-refractivity contribution in [3.8, 4) is 0 Å². The van der Waals surface area contributed by atoms with Gasteiger partial charge < -0.3 is 4.90 Å². The molecule has 1 aliphatic heterocycles. The van der Waals surface area contributed by atoms with E-state index in [1.54, 1.807) is 0 Å². The molecular formula is C14H26N2O. The second kappa shape index (κ2) is 5.38. The minimum atomic E-state index is 0.0856. The molecule has 0 spiro atoms. The Morgan fingerprint density at radius 2 is 2.12 bits per heavy atom. The topological polar surface area (TPSA) is 32.3 Å². The molecule has 3 heteroatoms. The first kappa shape index (κ1) is 12.9. The summed E-state index contributed by atoms with van der Waals surface area (Å²) >= 11 is 0. The first-order valence-corrected chi connectivity index (χ1v) is 7.18. The molecule has 0 bridgehead atoms. The van der Waals surface area contributed by atoms with Crippen molar-refractivity contribution in [3.63, 3.8) is 0 Å². The van der Waals surface area contributed by atoms with Crippen LogP contribution in [0, 0.1) is 11.8 Å². The highest BCUT2D eigenvalue weighted by molar-refractivity contribution is 5.84. The Hall–Kier alpha value is -0.570. The lowest BCUT2D eigenvalue weighted by molar-refractivity contribution is -0.130. The van der Waals surface area contributed by atoms with Crippen molar-refractivity contribution in [2.75, 3.05) is 6.54 Å². The highest BCUT2D eigenvalue weighted by Crippen LogP contribution is 2.32. The van der Waals surface area contributed by atoms with Crippen LogP contribution < -0.4 is 5.32 Å². The summed E-state index contributed by atoms with van der Waals surface area (Å²) in [4.78, 5) is 14.4. The summed E-state index contributed by atoms with van der Waals surface area (Å²) in [6, 6.07) is 0.0856. The molecule has 17 heavy (non-hydrogen) atoms. The van der Waals surface area contributed by atoms with E-state index in [4.69, 9.17) is 0 Å². The van der Waals surface area contributed by atoms with Crippen molar-refractivity contribution >= 4 is 5.91 Å². The molecule has 0 aromatic carbocycles. The Bertz CT molecular complexity index is 273. The highest BCUT2D eigenvalue weighted by atomic mass is 16.2. The maximum atomic E-state index is 12.3. The minimum Gasteiger partial charge on any atom is -0.326 e. The summed E-state index contributed by atoms with van der Waals surface area (Å²) in [6.07, 6.45) is 6.06. The zero-order valence-electron chi connectivity index (χ0n) is 11.4. The molecule has 3 nitrogen and oxygen atoms in total. The maximum absolute atomic E-state index is 12.3. The van der Waals surface area contributed by atoms with E-state index in [1.165, 1.54) is 12.8 Å². The second-order valence-electron chi connectivity index (χ2n) is 6.09. The average molecular weight is 238 g/mol. The fourth-order valence-electron chi connectivity index (χ4n) is 2.68. The molecule has 2 unspecified atom stereocenters. The number of nitrogens with one attached hydrogen (secondary N) is 1. The van der Waals surface area contributed by atoms with Crippen LogP contribution in [0.4, 0.5) is 0 Å². The number of carbonyl (C=O) groups excluding carboxylic acids is 1. The van der Waals surface area contributed by atoms with Gasteiger partial charge in [-0.1, -0.05) is 27.2 Å². The van der Waals surface area contributed by atoms with Gasteiger partial charge in [0.1, 0.15) is 0 Å². The Labute approximate surface area is 105 Å². The number of rotatable bonds is 6.